The van der Waals surface area contributed by atoms with Crippen LogP contribution in [0.25, 0.3) is 22.4 Å². The lowest BCUT2D eigenvalue weighted by molar-refractivity contribution is -0.149. The minimum atomic E-state index is -0.947. The van der Waals surface area contributed by atoms with Crippen LogP contribution in [0.3, 0.4) is 0 Å². The number of aromatic nitrogens is 2. The van der Waals surface area contributed by atoms with Crippen molar-refractivity contribution in [1.29, 1.82) is 0 Å². The van der Waals surface area contributed by atoms with Gasteiger partial charge in [-0.25, -0.2) is 9.78 Å². The molecule has 7 heteroatoms. The Labute approximate surface area is 191 Å². The van der Waals surface area contributed by atoms with E-state index in [1.807, 2.05) is 56.3 Å². The number of benzene rings is 2. The fraction of sp³-hybridized carbons (Fsp3) is 0.280. The first-order chi connectivity index (χ1) is 15.4. The first-order valence-electron chi connectivity index (χ1n) is 10.5. The highest BCUT2D eigenvalue weighted by atomic mass is 35.5. The van der Waals surface area contributed by atoms with Crippen molar-refractivity contribution in [2.45, 2.75) is 39.8 Å². The van der Waals surface area contributed by atoms with Gasteiger partial charge in [-0.15, -0.1) is 0 Å². The molecule has 1 unspecified atom stereocenters. The van der Waals surface area contributed by atoms with E-state index in [0.717, 1.165) is 39.0 Å². The summed E-state index contributed by atoms with van der Waals surface area (Å²) in [6.07, 6.45) is 1.56. The lowest BCUT2D eigenvalue weighted by Gasteiger charge is -2.12. The maximum Gasteiger partial charge on any atom is 0.333 e. The van der Waals surface area contributed by atoms with Crippen LogP contribution in [-0.4, -0.2) is 33.3 Å². The van der Waals surface area contributed by atoms with Crippen molar-refractivity contribution in [2.75, 3.05) is 6.61 Å². The minimum absolute atomic E-state index is 0.327. The summed E-state index contributed by atoms with van der Waals surface area (Å²) in [6.45, 7) is 6.66. The minimum Gasteiger partial charge on any atom is -0.479 e. The van der Waals surface area contributed by atoms with Gasteiger partial charge in [-0.3, -0.25) is 0 Å². The van der Waals surface area contributed by atoms with E-state index in [1.54, 1.807) is 6.92 Å². The van der Waals surface area contributed by atoms with Gasteiger partial charge in [0.05, 0.1) is 17.1 Å². The number of nitrogens with zero attached hydrogens (tertiary/aromatic N) is 2. The van der Waals surface area contributed by atoms with E-state index in [4.69, 9.17) is 25.7 Å². The van der Waals surface area contributed by atoms with Gasteiger partial charge in [0.25, 0.3) is 0 Å². The Balaban J connectivity index is 1.62. The van der Waals surface area contributed by atoms with Crippen LogP contribution >= 0.6 is 11.6 Å². The van der Waals surface area contributed by atoms with Crippen LogP contribution in [0.5, 0.6) is 0 Å². The molecular formula is C25H25ClN2O4. The maximum atomic E-state index is 11.4. The summed E-state index contributed by atoms with van der Waals surface area (Å²) in [5, 5.41) is 11.1. The number of ether oxygens (including phenoxy) is 1. The summed E-state index contributed by atoms with van der Waals surface area (Å²) >= 11 is 6.30. The van der Waals surface area contributed by atoms with Crippen molar-refractivity contribution in [3.63, 3.8) is 0 Å². The van der Waals surface area contributed by atoms with E-state index in [1.165, 1.54) is 0 Å². The molecule has 0 saturated heterocycles. The highest BCUT2D eigenvalue weighted by Gasteiger charge is 2.19. The zero-order chi connectivity index (χ0) is 22.8. The molecule has 166 valence electrons. The number of halogens is 1. The van der Waals surface area contributed by atoms with Gasteiger partial charge in [-0.2, -0.15) is 0 Å². The van der Waals surface area contributed by atoms with Crippen molar-refractivity contribution < 1.29 is 19.1 Å². The Morgan fingerprint density at radius 1 is 1.25 bits per heavy atom. The average Bonchev–Trinajstić information content (AvgIpc) is 3.27. The summed E-state index contributed by atoms with van der Waals surface area (Å²) in [5.74, 6) is 0.309. The van der Waals surface area contributed by atoms with Crippen molar-refractivity contribution in [2.24, 2.45) is 0 Å². The molecule has 0 amide bonds. The predicted octanol–water partition coefficient (Wildman–Crippen LogP) is 5.65. The Bertz CT molecular complexity index is 1270. The van der Waals surface area contributed by atoms with E-state index >= 15 is 0 Å². The molecule has 1 atom stereocenters. The first-order valence-corrected chi connectivity index (χ1v) is 10.9. The fourth-order valence-corrected chi connectivity index (χ4v) is 4.12. The molecule has 1 N–H and O–H groups in total. The summed E-state index contributed by atoms with van der Waals surface area (Å²) in [7, 11) is 0. The summed E-state index contributed by atoms with van der Waals surface area (Å²) < 4.78 is 13.4. The molecule has 2 heterocycles. The van der Waals surface area contributed by atoms with Gasteiger partial charge in [0.2, 0.25) is 5.89 Å². The van der Waals surface area contributed by atoms with Crippen LogP contribution in [0.4, 0.5) is 0 Å². The number of carboxylic acids is 1. The number of aryl methyl sites for hydroxylation is 2. The average molecular weight is 453 g/mol. The van der Waals surface area contributed by atoms with Crippen molar-refractivity contribution in [3.05, 3.63) is 76.3 Å². The van der Waals surface area contributed by atoms with Crippen LogP contribution in [0.15, 0.2) is 53.1 Å². The second kappa shape index (κ2) is 9.18. The smallest absolute Gasteiger partial charge is 0.333 e. The van der Waals surface area contributed by atoms with Crippen molar-refractivity contribution in [3.8, 4) is 11.5 Å². The molecule has 0 aliphatic heterocycles. The molecule has 2 aromatic heterocycles. The van der Waals surface area contributed by atoms with Gasteiger partial charge in [0.15, 0.2) is 6.10 Å². The Morgan fingerprint density at radius 2 is 2.03 bits per heavy atom. The molecule has 0 spiro atoms. The van der Waals surface area contributed by atoms with Gasteiger partial charge in [-0.05, 0) is 56.2 Å². The lowest BCUT2D eigenvalue weighted by atomic mass is 10.0. The van der Waals surface area contributed by atoms with Crippen LogP contribution in [-0.2, 0) is 22.5 Å². The Kier molecular flexibility index (Phi) is 6.35. The molecule has 2 aromatic carbocycles. The number of aliphatic carboxylic acids is 1. The van der Waals surface area contributed by atoms with Crippen LogP contribution in [0, 0.1) is 13.8 Å². The van der Waals surface area contributed by atoms with Crippen LogP contribution < -0.4 is 0 Å². The number of oxazole rings is 1. The van der Waals surface area contributed by atoms with E-state index in [-0.39, 0.29) is 0 Å². The van der Waals surface area contributed by atoms with Gasteiger partial charge >= 0.3 is 5.97 Å². The molecule has 0 aliphatic rings. The number of hydrogen-bond donors (Lipinski definition) is 1. The zero-order valence-electron chi connectivity index (χ0n) is 18.3. The summed E-state index contributed by atoms with van der Waals surface area (Å²) in [6, 6.07) is 13.5. The quantitative estimate of drug-likeness (QED) is 0.374. The monoisotopic (exact) mass is 452 g/mol. The van der Waals surface area contributed by atoms with Crippen LogP contribution in [0.1, 0.15) is 29.5 Å². The summed E-state index contributed by atoms with van der Waals surface area (Å²) in [5.41, 5.74) is 4.69. The third-order valence-electron chi connectivity index (χ3n) is 5.53. The number of rotatable bonds is 8. The molecule has 6 nitrogen and oxygen atoms in total. The van der Waals surface area contributed by atoms with E-state index in [0.29, 0.717) is 30.5 Å². The van der Waals surface area contributed by atoms with Crippen LogP contribution in [0.2, 0.25) is 5.02 Å². The number of hydrogen-bond acceptors (Lipinski definition) is 4. The molecular weight excluding hydrogens is 428 g/mol. The van der Waals surface area contributed by atoms with Crippen molar-refractivity contribution >= 4 is 28.5 Å². The molecule has 32 heavy (non-hydrogen) atoms. The molecule has 0 aliphatic carbocycles. The number of carbonyl (C=O) groups is 1. The van der Waals surface area contributed by atoms with E-state index in [2.05, 4.69) is 10.8 Å². The van der Waals surface area contributed by atoms with Crippen molar-refractivity contribution in [1.82, 2.24) is 9.55 Å². The summed E-state index contributed by atoms with van der Waals surface area (Å²) in [4.78, 5) is 16.1. The van der Waals surface area contributed by atoms with Gasteiger partial charge < -0.3 is 18.8 Å². The number of carboxylic acid groups (broad SMARTS) is 1. The topological polar surface area (TPSA) is 77.5 Å². The second-order valence-electron chi connectivity index (χ2n) is 7.78. The second-order valence-corrected chi connectivity index (χ2v) is 8.19. The molecule has 0 bridgehead atoms. The van der Waals surface area contributed by atoms with Gasteiger partial charge in [0, 0.05) is 30.1 Å². The predicted molar refractivity (Wildman–Crippen MR) is 124 cm³/mol. The largest absolute Gasteiger partial charge is 0.479 e. The third kappa shape index (κ3) is 4.42. The lowest BCUT2D eigenvalue weighted by Crippen LogP contribution is -2.26. The van der Waals surface area contributed by atoms with E-state index in [9.17, 15) is 9.90 Å². The third-order valence-corrected chi connectivity index (χ3v) is 5.86. The number of fused-ring (bicyclic) bond motifs is 1. The molecule has 4 rings (SSSR count). The van der Waals surface area contributed by atoms with Gasteiger partial charge in [0.1, 0.15) is 11.5 Å². The van der Waals surface area contributed by atoms with E-state index < -0.39 is 12.1 Å². The Morgan fingerprint density at radius 3 is 2.75 bits per heavy atom. The van der Waals surface area contributed by atoms with Gasteiger partial charge in [-0.1, -0.05) is 29.8 Å². The highest BCUT2D eigenvalue weighted by molar-refractivity contribution is 6.33. The fourth-order valence-electron chi connectivity index (χ4n) is 3.90. The molecule has 0 fully saturated rings. The maximum absolute atomic E-state index is 11.4. The molecule has 0 radical (unpaired) electrons. The first kappa shape index (κ1) is 22.1. The normalized spacial score (nSPS) is 12.4. The molecule has 0 saturated carbocycles. The zero-order valence-corrected chi connectivity index (χ0v) is 19.0. The SMILES string of the molecule is CCOC(Cc1ccc2c(c1)c(C)cn2Cc1nc(-c2ccccc2Cl)oc1C)C(=O)O. The standard InChI is InChI=1S/C25H25ClN2O4/c1-4-31-23(25(29)30)12-17-9-10-22-19(11-17)15(2)13-28(22)14-21-16(3)32-24(27-21)18-7-5-6-8-20(18)26/h5-11,13,23H,4,12,14H2,1-3H3,(H,29,30). The Hall–Kier alpha value is -3.09. The molecule has 4 aromatic rings. The highest BCUT2D eigenvalue weighted by Crippen LogP contribution is 2.30.